The third kappa shape index (κ3) is 20.0. The Bertz CT molecular complexity index is 264. The summed E-state index contributed by atoms with van der Waals surface area (Å²) in [6.45, 7) is 3.00. The van der Waals surface area contributed by atoms with Gasteiger partial charge in [-0.2, -0.15) is 0 Å². The van der Waals surface area contributed by atoms with E-state index in [0.717, 1.165) is 13.0 Å². The van der Waals surface area contributed by atoms with Crippen molar-refractivity contribution in [3.05, 3.63) is 12.2 Å². The van der Waals surface area contributed by atoms with Crippen LogP contribution in [0, 0.1) is 0 Å². The highest BCUT2D eigenvalue weighted by Crippen LogP contribution is 2.10. The van der Waals surface area contributed by atoms with Gasteiger partial charge in [-0.25, -0.2) is 0 Å². The molecule has 0 radical (unpaired) electrons. The Morgan fingerprint density at radius 1 is 0.773 bits per heavy atom. The molecule has 0 aliphatic carbocycles. The molecular weight excluding hydrogens is 308 g/mol. The van der Waals surface area contributed by atoms with Crippen LogP contribution in [0.4, 0.5) is 0 Å². The van der Waals surface area contributed by atoms with E-state index in [0.29, 0.717) is 4.38 Å². The highest BCUT2D eigenvalue weighted by atomic mass is 32.1. The van der Waals surface area contributed by atoms with Gasteiger partial charge in [0.05, 0.1) is 6.61 Å². The molecule has 0 unspecified atom stereocenters. The minimum atomic E-state index is 0.368. The van der Waals surface area contributed by atoms with Crippen molar-refractivity contribution in [1.29, 1.82) is 0 Å². The first-order chi connectivity index (χ1) is 10.8. The number of allylic oxidation sites excluding steroid dienone is 2. The lowest BCUT2D eigenvalue weighted by Gasteiger charge is -2.02. The molecule has 22 heavy (non-hydrogen) atoms. The summed E-state index contributed by atoms with van der Waals surface area (Å²) in [6, 6.07) is 0. The summed E-state index contributed by atoms with van der Waals surface area (Å²) in [4.78, 5) is 0. The molecule has 0 fully saturated rings. The van der Waals surface area contributed by atoms with Crippen LogP contribution in [0.1, 0.15) is 96.8 Å². The average Bonchev–Trinajstić information content (AvgIpc) is 2.50. The highest BCUT2D eigenvalue weighted by molar-refractivity contribution is 8.10. The lowest BCUT2D eigenvalue weighted by atomic mass is 10.1. The van der Waals surface area contributed by atoms with Crippen LogP contribution in [0.25, 0.3) is 0 Å². The molecule has 0 saturated heterocycles. The van der Waals surface area contributed by atoms with Gasteiger partial charge < -0.3 is 4.74 Å². The monoisotopic (exact) mass is 344 g/mol. The summed E-state index contributed by atoms with van der Waals surface area (Å²) in [6.07, 6.45) is 23.4. The van der Waals surface area contributed by atoms with E-state index in [9.17, 15) is 0 Å². The van der Waals surface area contributed by atoms with Crippen molar-refractivity contribution in [2.45, 2.75) is 96.8 Å². The van der Waals surface area contributed by atoms with E-state index in [1.807, 2.05) is 0 Å². The zero-order chi connectivity index (χ0) is 16.3. The molecule has 130 valence electrons. The molecule has 0 bridgehead atoms. The quantitative estimate of drug-likeness (QED) is 0.137. The van der Waals surface area contributed by atoms with Gasteiger partial charge in [-0.05, 0) is 44.3 Å². The molecule has 0 aromatic heterocycles. The number of hydrogen-bond acceptors (Lipinski definition) is 2. The van der Waals surface area contributed by atoms with Gasteiger partial charge in [0.2, 0.25) is 4.38 Å². The van der Waals surface area contributed by atoms with Crippen LogP contribution in [-0.2, 0) is 4.74 Å². The fourth-order valence-corrected chi connectivity index (χ4v) is 2.68. The van der Waals surface area contributed by atoms with Crippen LogP contribution in [-0.4, -0.2) is 11.0 Å². The summed E-state index contributed by atoms with van der Waals surface area (Å²) in [5.74, 6) is 0. The predicted octanol–water partition coefficient (Wildman–Crippen LogP) is 7.26. The first-order valence-electron chi connectivity index (χ1n) is 9.28. The topological polar surface area (TPSA) is 9.23 Å². The average molecular weight is 345 g/mol. The lowest BCUT2D eigenvalue weighted by Crippen LogP contribution is -1.95. The first kappa shape index (κ1) is 22.0. The van der Waals surface area contributed by atoms with Crippen LogP contribution in [0.2, 0.25) is 0 Å². The normalized spacial score (nSPS) is 11.2. The van der Waals surface area contributed by atoms with Gasteiger partial charge in [0.25, 0.3) is 0 Å². The Morgan fingerprint density at radius 3 is 1.73 bits per heavy atom. The Morgan fingerprint density at radius 2 is 1.23 bits per heavy atom. The van der Waals surface area contributed by atoms with Crippen molar-refractivity contribution >= 4 is 29.2 Å². The maximum atomic E-state index is 5.15. The highest BCUT2D eigenvalue weighted by Gasteiger charge is 1.93. The van der Waals surface area contributed by atoms with Gasteiger partial charge in [-0.3, -0.25) is 0 Å². The molecule has 0 aromatic rings. The van der Waals surface area contributed by atoms with Crippen LogP contribution in [0.5, 0.6) is 0 Å². The standard InChI is InChI=1S/C19H36OS2/c1-2-3-4-5-6-7-8-9-10-11-12-13-14-15-16-17-18-20-19(21)22/h9-10H,2-8,11-18H2,1H3,(H,21,22)/b10-9-. The third-order valence-electron chi connectivity index (χ3n) is 3.88. The van der Waals surface area contributed by atoms with Crippen molar-refractivity contribution in [3.8, 4) is 0 Å². The van der Waals surface area contributed by atoms with Crippen molar-refractivity contribution in [3.63, 3.8) is 0 Å². The fraction of sp³-hybridized carbons (Fsp3) is 0.842. The van der Waals surface area contributed by atoms with Crippen molar-refractivity contribution in [2.75, 3.05) is 6.61 Å². The summed E-state index contributed by atoms with van der Waals surface area (Å²) in [5.41, 5.74) is 0. The predicted molar refractivity (Wildman–Crippen MR) is 107 cm³/mol. The van der Waals surface area contributed by atoms with E-state index in [1.165, 1.54) is 83.5 Å². The van der Waals surface area contributed by atoms with Gasteiger partial charge in [0.1, 0.15) is 0 Å². The number of ether oxygens (including phenoxy) is 1. The Balaban J connectivity index is 3.06. The van der Waals surface area contributed by atoms with Crippen molar-refractivity contribution in [2.24, 2.45) is 0 Å². The van der Waals surface area contributed by atoms with Gasteiger partial charge in [-0.15, -0.1) is 0 Å². The minimum absolute atomic E-state index is 0.368. The van der Waals surface area contributed by atoms with Gasteiger partial charge >= 0.3 is 0 Å². The molecule has 0 amide bonds. The first-order valence-corrected chi connectivity index (χ1v) is 10.1. The fourth-order valence-electron chi connectivity index (χ4n) is 2.51. The molecule has 0 aliphatic rings. The molecule has 0 aromatic carbocycles. The molecule has 0 heterocycles. The van der Waals surface area contributed by atoms with Gasteiger partial charge in [0, 0.05) is 0 Å². The number of unbranched alkanes of at least 4 members (excludes halogenated alkanes) is 12. The number of hydrogen-bond donors (Lipinski definition) is 1. The van der Waals surface area contributed by atoms with E-state index in [2.05, 4.69) is 31.7 Å². The number of thiol groups is 1. The summed E-state index contributed by atoms with van der Waals surface area (Å²) >= 11 is 8.67. The Hall–Kier alpha value is -0.0200. The summed E-state index contributed by atoms with van der Waals surface area (Å²) in [7, 11) is 0. The lowest BCUT2D eigenvalue weighted by molar-refractivity contribution is 0.308. The van der Waals surface area contributed by atoms with E-state index >= 15 is 0 Å². The van der Waals surface area contributed by atoms with E-state index in [-0.39, 0.29) is 0 Å². The van der Waals surface area contributed by atoms with Gasteiger partial charge in [-0.1, -0.05) is 89.5 Å². The summed E-state index contributed by atoms with van der Waals surface area (Å²) in [5, 5.41) is 0. The van der Waals surface area contributed by atoms with Crippen LogP contribution in [0.15, 0.2) is 12.2 Å². The molecule has 3 heteroatoms. The molecule has 0 N–H and O–H groups in total. The molecule has 0 spiro atoms. The number of rotatable bonds is 16. The van der Waals surface area contributed by atoms with Crippen molar-refractivity contribution in [1.82, 2.24) is 0 Å². The second kappa shape index (κ2) is 19.0. The van der Waals surface area contributed by atoms with Gasteiger partial charge in [0.15, 0.2) is 0 Å². The SMILES string of the molecule is CCCCCCCC/C=C\CCCCCCCCOC(=S)S. The van der Waals surface area contributed by atoms with Crippen LogP contribution >= 0.6 is 24.8 Å². The van der Waals surface area contributed by atoms with Crippen LogP contribution < -0.4 is 0 Å². The third-order valence-corrected chi connectivity index (χ3v) is 4.13. The maximum absolute atomic E-state index is 5.15. The molecular formula is C19H36OS2. The molecule has 0 rings (SSSR count). The van der Waals surface area contributed by atoms with Crippen molar-refractivity contribution < 1.29 is 4.74 Å². The largest absolute Gasteiger partial charge is 0.479 e. The molecule has 1 nitrogen and oxygen atoms in total. The second-order valence-electron chi connectivity index (χ2n) is 6.05. The minimum Gasteiger partial charge on any atom is -0.479 e. The summed E-state index contributed by atoms with van der Waals surface area (Å²) < 4.78 is 5.52. The van der Waals surface area contributed by atoms with Crippen LogP contribution in [0.3, 0.4) is 0 Å². The smallest absolute Gasteiger partial charge is 0.216 e. The van der Waals surface area contributed by atoms with E-state index < -0.39 is 0 Å². The second-order valence-corrected chi connectivity index (χ2v) is 7.13. The molecule has 0 saturated carbocycles. The Kier molecular flexibility index (Phi) is 19.0. The zero-order valence-electron chi connectivity index (χ0n) is 14.5. The number of thiocarbonyl (C=S) groups is 1. The Labute approximate surface area is 149 Å². The van der Waals surface area contributed by atoms with E-state index in [1.54, 1.807) is 0 Å². The van der Waals surface area contributed by atoms with E-state index in [4.69, 9.17) is 17.0 Å². The molecule has 0 aliphatic heterocycles. The zero-order valence-corrected chi connectivity index (χ0v) is 16.2. The maximum Gasteiger partial charge on any atom is 0.216 e. The molecule has 0 atom stereocenters.